The largest absolute Gasteiger partial charge is 0.434 e. The van der Waals surface area contributed by atoms with E-state index in [0.717, 1.165) is 5.56 Å². The Labute approximate surface area is 102 Å². The van der Waals surface area contributed by atoms with Crippen LogP contribution in [0.5, 0.6) is 5.75 Å². The number of halogens is 3. The summed E-state index contributed by atoms with van der Waals surface area (Å²) in [5.41, 5.74) is 1.23. The quantitative estimate of drug-likeness (QED) is 0.827. The Morgan fingerprint density at radius 2 is 1.82 bits per heavy atom. The molecule has 0 fully saturated rings. The molecule has 0 saturated carbocycles. The Bertz CT molecular complexity index is 505. The van der Waals surface area contributed by atoms with E-state index in [0.29, 0.717) is 10.6 Å². The van der Waals surface area contributed by atoms with Gasteiger partial charge in [0.25, 0.3) is 0 Å². The van der Waals surface area contributed by atoms with Crippen molar-refractivity contribution in [2.75, 3.05) is 0 Å². The van der Waals surface area contributed by atoms with Crippen LogP contribution in [0.2, 0.25) is 5.02 Å². The molecule has 0 aliphatic heterocycles. The van der Waals surface area contributed by atoms with Crippen LogP contribution in [0.15, 0.2) is 42.7 Å². The number of alkyl halides is 2. The minimum Gasteiger partial charge on any atom is -0.434 e. The zero-order valence-electron chi connectivity index (χ0n) is 8.61. The van der Waals surface area contributed by atoms with Crippen molar-refractivity contribution in [3.63, 3.8) is 0 Å². The van der Waals surface area contributed by atoms with Crippen molar-refractivity contribution in [2.24, 2.45) is 0 Å². The van der Waals surface area contributed by atoms with Gasteiger partial charge in [0.15, 0.2) is 0 Å². The van der Waals surface area contributed by atoms with Gasteiger partial charge < -0.3 is 4.74 Å². The molecule has 17 heavy (non-hydrogen) atoms. The van der Waals surface area contributed by atoms with Crippen LogP contribution in [0, 0.1) is 0 Å². The summed E-state index contributed by atoms with van der Waals surface area (Å²) in [4.78, 5) is 3.86. The summed E-state index contributed by atoms with van der Waals surface area (Å²) < 4.78 is 28.9. The third kappa shape index (κ3) is 2.91. The summed E-state index contributed by atoms with van der Waals surface area (Å²) in [5, 5.41) is 0.457. The fraction of sp³-hybridized carbons (Fsp3) is 0.0833. The third-order valence-corrected chi connectivity index (χ3v) is 2.38. The number of aromatic nitrogens is 1. The van der Waals surface area contributed by atoms with Crippen LogP contribution in [0.25, 0.3) is 11.1 Å². The molecule has 2 nitrogen and oxygen atoms in total. The van der Waals surface area contributed by atoms with E-state index in [-0.39, 0.29) is 5.75 Å². The molecule has 0 spiro atoms. The number of hydrogen-bond donors (Lipinski definition) is 0. The molecule has 0 N–H and O–H groups in total. The Kier molecular flexibility index (Phi) is 3.54. The predicted octanol–water partition coefficient (Wildman–Crippen LogP) is 4.00. The van der Waals surface area contributed by atoms with E-state index < -0.39 is 6.61 Å². The van der Waals surface area contributed by atoms with Crippen molar-refractivity contribution >= 4 is 11.6 Å². The van der Waals surface area contributed by atoms with Gasteiger partial charge in [0.1, 0.15) is 5.75 Å². The first-order valence-electron chi connectivity index (χ1n) is 4.81. The molecule has 0 amide bonds. The predicted molar refractivity (Wildman–Crippen MR) is 61.3 cm³/mol. The molecule has 0 atom stereocenters. The second-order valence-electron chi connectivity index (χ2n) is 3.25. The van der Waals surface area contributed by atoms with Crippen LogP contribution >= 0.6 is 11.6 Å². The van der Waals surface area contributed by atoms with Gasteiger partial charge in [-0.05, 0) is 35.9 Å². The molecular formula is C12H8ClF2NO. The molecule has 1 aromatic carbocycles. The van der Waals surface area contributed by atoms with Crippen LogP contribution in [0.1, 0.15) is 0 Å². The number of ether oxygens (including phenoxy) is 1. The molecule has 1 heterocycles. The number of rotatable bonds is 3. The molecule has 0 aliphatic rings. The highest BCUT2D eigenvalue weighted by Crippen LogP contribution is 2.33. The van der Waals surface area contributed by atoms with Crippen LogP contribution < -0.4 is 4.74 Å². The Morgan fingerprint density at radius 1 is 1.12 bits per heavy atom. The minimum atomic E-state index is -2.86. The van der Waals surface area contributed by atoms with Gasteiger partial charge in [0.05, 0.1) is 0 Å². The SMILES string of the molecule is FC(F)Oc1ccc(Cl)cc1-c1ccncc1. The lowest BCUT2D eigenvalue weighted by Crippen LogP contribution is -2.03. The molecule has 0 radical (unpaired) electrons. The fourth-order valence-corrected chi connectivity index (χ4v) is 1.63. The average Bonchev–Trinajstić information content (AvgIpc) is 2.32. The highest BCUT2D eigenvalue weighted by molar-refractivity contribution is 6.31. The van der Waals surface area contributed by atoms with Gasteiger partial charge in [-0.2, -0.15) is 8.78 Å². The van der Waals surface area contributed by atoms with Crippen LogP contribution in [-0.4, -0.2) is 11.6 Å². The standard InChI is InChI=1S/C12H8ClF2NO/c13-9-1-2-11(17-12(14)15)10(7-9)8-3-5-16-6-4-8/h1-7,12H. The van der Waals surface area contributed by atoms with Gasteiger partial charge in [0.2, 0.25) is 0 Å². The summed E-state index contributed by atoms with van der Waals surface area (Å²) in [5.74, 6) is 0.0931. The lowest BCUT2D eigenvalue weighted by molar-refractivity contribution is -0.0494. The number of hydrogen-bond acceptors (Lipinski definition) is 2. The van der Waals surface area contributed by atoms with Crippen LogP contribution in [-0.2, 0) is 0 Å². The maximum absolute atomic E-state index is 12.2. The molecule has 88 valence electrons. The second-order valence-corrected chi connectivity index (χ2v) is 3.69. The summed E-state index contributed by atoms with van der Waals surface area (Å²) in [6, 6.07) is 7.90. The molecule has 1 aromatic heterocycles. The molecule has 0 unspecified atom stereocenters. The summed E-state index contributed by atoms with van der Waals surface area (Å²) in [7, 11) is 0. The van der Waals surface area contributed by atoms with Crippen molar-refractivity contribution in [1.29, 1.82) is 0 Å². The van der Waals surface area contributed by atoms with Crippen molar-refractivity contribution < 1.29 is 13.5 Å². The summed E-state index contributed by atoms with van der Waals surface area (Å²) in [6.07, 6.45) is 3.14. The molecule has 0 bridgehead atoms. The first kappa shape index (κ1) is 11.8. The topological polar surface area (TPSA) is 22.1 Å². The average molecular weight is 256 g/mol. The molecule has 0 saturated heterocycles. The van der Waals surface area contributed by atoms with Crippen LogP contribution in [0.3, 0.4) is 0 Å². The molecule has 2 rings (SSSR count). The first-order valence-corrected chi connectivity index (χ1v) is 5.19. The highest BCUT2D eigenvalue weighted by atomic mass is 35.5. The first-order chi connectivity index (χ1) is 8.16. The highest BCUT2D eigenvalue weighted by Gasteiger charge is 2.11. The van der Waals surface area contributed by atoms with Gasteiger partial charge in [-0.1, -0.05) is 11.6 Å². The van der Waals surface area contributed by atoms with Gasteiger partial charge in [-0.15, -0.1) is 0 Å². The van der Waals surface area contributed by atoms with Gasteiger partial charge in [-0.25, -0.2) is 0 Å². The number of pyridine rings is 1. The molecule has 5 heteroatoms. The van der Waals surface area contributed by atoms with E-state index in [1.165, 1.54) is 12.1 Å². The smallest absolute Gasteiger partial charge is 0.387 e. The maximum Gasteiger partial charge on any atom is 0.387 e. The minimum absolute atomic E-state index is 0.0931. The monoisotopic (exact) mass is 255 g/mol. The van der Waals surface area contributed by atoms with Crippen molar-refractivity contribution in [3.05, 3.63) is 47.7 Å². The Morgan fingerprint density at radius 3 is 2.47 bits per heavy atom. The van der Waals surface area contributed by atoms with Crippen molar-refractivity contribution in [3.8, 4) is 16.9 Å². The van der Waals surface area contributed by atoms with E-state index in [4.69, 9.17) is 11.6 Å². The maximum atomic E-state index is 12.2. The Balaban J connectivity index is 2.47. The molecule has 2 aromatic rings. The lowest BCUT2D eigenvalue weighted by Gasteiger charge is -2.11. The second kappa shape index (κ2) is 5.10. The van der Waals surface area contributed by atoms with E-state index >= 15 is 0 Å². The molecule has 0 aliphatic carbocycles. The van der Waals surface area contributed by atoms with E-state index in [1.54, 1.807) is 30.6 Å². The van der Waals surface area contributed by atoms with E-state index in [9.17, 15) is 8.78 Å². The zero-order chi connectivity index (χ0) is 12.3. The normalized spacial score (nSPS) is 10.6. The van der Waals surface area contributed by atoms with Gasteiger partial charge in [-0.3, -0.25) is 4.98 Å². The summed E-state index contributed by atoms with van der Waals surface area (Å²) in [6.45, 7) is -2.86. The lowest BCUT2D eigenvalue weighted by atomic mass is 10.1. The number of benzene rings is 1. The molecular weight excluding hydrogens is 248 g/mol. The van der Waals surface area contributed by atoms with E-state index in [1.807, 2.05) is 0 Å². The van der Waals surface area contributed by atoms with Gasteiger partial charge >= 0.3 is 6.61 Å². The third-order valence-electron chi connectivity index (χ3n) is 2.15. The fourth-order valence-electron chi connectivity index (χ4n) is 1.46. The van der Waals surface area contributed by atoms with Crippen molar-refractivity contribution in [1.82, 2.24) is 4.98 Å². The zero-order valence-corrected chi connectivity index (χ0v) is 9.36. The van der Waals surface area contributed by atoms with E-state index in [2.05, 4.69) is 9.72 Å². The van der Waals surface area contributed by atoms with Gasteiger partial charge in [0, 0.05) is 23.0 Å². The number of nitrogens with zero attached hydrogens (tertiary/aromatic N) is 1. The van der Waals surface area contributed by atoms with Crippen molar-refractivity contribution in [2.45, 2.75) is 6.61 Å². The Hall–Kier alpha value is -1.68. The summed E-state index contributed by atoms with van der Waals surface area (Å²) >= 11 is 5.84. The van der Waals surface area contributed by atoms with Crippen LogP contribution in [0.4, 0.5) is 8.78 Å².